The standard InChI is InChI=1S/C25H38N8O3/c1-4-26-23(34)14-33-17-6-5-7-18(33)12-19(11-17)32(3)25-28-21(27-22-10-16(2)30-31-22)13-24(29-25)36-20-8-9-35-15-20/h10,13,17-20H,4-9,11-12,14-15H2,1-3H3,(H,26,34)(H2,27,28,29,30,31)/t17-,18+,19?,20-/m1/s1. The Morgan fingerprint density at radius 2 is 2.03 bits per heavy atom. The van der Waals surface area contributed by atoms with Crippen LogP contribution >= 0.6 is 0 Å². The van der Waals surface area contributed by atoms with Crippen LogP contribution in [0.3, 0.4) is 0 Å². The molecule has 2 aromatic rings. The molecule has 1 amide bonds. The van der Waals surface area contributed by atoms with E-state index < -0.39 is 0 Å². The smallest absolute Gasteiger partial charge is 0.234 e. The van der Waals surface area contributed by atoms with Crippen LogP contribution in [0.1, 0.15) is 51.1 Å². The number of hydrogen-bond acceptors (Lipinski definition) is 9. The minimum atomic E-state index is -0.00426. The van der Waals surface area contributed by atoms with Crippen LogP contribution in [-0.2, 0) is 9.53 Å². The number of nitrogens with zero attached hydrogens (tertiary/aromatic N) is 5. The molecule has 0 aromatic carbocycles. The number of aryl methyl sites for hydroxylation is 1. The van der Waals surface area contributed by atoms with Gasteiger partial charge in [0.2, 0.25) is 17.7 Å². The molecule has 4 atom stereocenters. The number of hydrogen-bond donors (Lipinski definition) is 3. The molecule has 11 heteroatoms. The average molecular weight is 499 g/mol. The second kappa shape index (κ2) is 11.0. The van der Waals surface area contributed by atoms with Gasteiger partial charge in [-0.3, -0.25) is 14.8 Å². The van der Waals surface area contributed by atoms with E-state index in [0.717, 1.165) is 37.8 Å². The van der Waals surface area contributed by atoms with E-state index >= 15 is 0 Å². The van der Waals surface area contributed by atoms with Gasteiger partial charge in [0.1, 0.15) is 11.9 Å². The van der Waals surface area contributed by atoms with Gasteiger partial charge in [0.25, 0.3) is 0 Å². The lowest BCUT2D eigenvalue weighted by Crippen LogP contribution is -2.58. The van der Waals surface area contributed by atoms with E-state index in [1.165, 1.54) is 6.42 Å². The average Bonchev–Trinajstić information content (AvgIpc) is 3.50. The van der Waals surface area contributed by atoms with Gasteiger partial charge in [0.15, 0.2) is 5.82 Å². The molecule has 0 aliphatic carbocycles. The fraction of sp³-hybridized carbons (Fsp3) is 0.680. The Kier molecular flexibility index (Phi) is 7.56. The fourth-order valence-corrected chi connectivity index (χ4v) is 5.69. The second-order valence-electron chi connectivity index (χ2n) is 10.2. The molecule has 3 aliphatic heterocycles. The molecule has 36 heavy (non-hydrogen) atoms. The third-order valence-electron chi connectivity index (χ3n) is 7.49. The maximum Gasteiger partial charge on any atom is 0.234 e. The number of nitrogens with one attached hydrogen (secondary N) is 3. The first-order valence-electron chi connectivity index (χ1n) is 13.2. The van der Waals surface area contributed by atoms with Crippen molar-refractivity contribution in [3.05, 3.63) is 17.8 Å². The summed E-state index contributed by atoms with van der Waals surface area (Å²) in [5.41, 5.74) is 0.967. The molecule has 3 N–H and O–H groups in total. The van der Waals surface area contributed by atoms with Crippen molar-refractivity contribution >= 4 is 23.5 Å². The van der Waals surface area contributed by atoms with Crippen molar-refractivity contribution in [3.8, 4) is 5.88 Å². The van der Waals surface area contributed by atoms with Crippen molar-refractivity contribution < 1.29 is 14.3 Å². The van der Waals surface area contributed by atoms with E-state index in [1.54, 1.807) is 0 Å². The number of fused-ring (bicyclic) bond motifs is 2. The maximum absolute atomic E-state index is 12.3. The molecule has 2 aromatic heterocycles. The first kappa shape index (κ1) is 24.8. The molecule has 0 saturated carbocycles. The molecular formula is C25H38N8O3. The Morgan fingerprint density at radius 1 is 1.22 bits per heavy atom. The van der Waals surface area contributed by atoms with Gasteiger partial charge in [0.05, 0.1) is 19.8 Å². The fourth-order valence-electron chi connectivity index (χ4n) is 5.69. The van der Waals surface area contributed by atoms with E-state index in [2.05, 4.69) is 37.7 Å². The Morgan fingerprint density at radius 3 is 2.69 bits per heavy atom. The van der Waals surface area contributed by atoms with Crippen LogP contribution in [0.2, 0.25) is 0 Å². The summed E-state index contributed by atoms with van der Waals surface area (Å²) in [7, 11) is 2.07. The highest BCUT2D eigenvalue weighted by atomic mass is 16.5. The highest BCUT2D eigenvalue weighted by Gasteiger charge is 2.40. The van der Waals surface area contributed by atoms with Gasteiger partial charge in [0, 0.05) is 56.0 Å². The summed E-state index contributed by atoms with van der Waals surface area (Å²) in [4.78, 5) is 26.6. The first-order valence-corrected chi connectivity index (χ1v) is 13.2. The van der Waals surface area contributed by atoms with Gasteiger partial charge in [-0.15, -0.1) is 0 Å². The zero-order valence-electron chi connectivity index (χ0n) is 21.5. The van der Waals surface area contributed by atoms with Crippen LogP contribution in [0.4, 0.5) is 17.6 Å². The van der Waals surface area contributed by atoms with Gasteiger partial charge in [-0.05, 0) is 39.5 Å². The second-order valence-corrected chi connectivity index (χ2v) is 10.2. The summed E-state index contributed by atoms with van der Waals surface area (Å²) >= 11 is 0. The molecule has 0 radical (unpaired) electrons. The zero-order valence-corrected chi connectivity index (χ0v) is 21.5. The quantitative estimate of drug-likeness (QED) is 0.478. The van der Waals surface area contributed by atoms with Crippen LogP contribution in [0.15, 0.2) is 12.1 Å². The molecular weight excluding hydrogens is 460 g/mol. The summed E-state index contributed by atoms with van der Waals surface area (Å²) in [5, 5.41) is 13.5. The van der Waals surface area contributed by atoms with E-state index in [1.807, 2.05) is 26.0 Å². The largest absolute Gasteiger partial charge is 0.472 e. The van der Waals surface area contributed by atoms with Crippen molar-refractivity contribution in [1.82, 2.24) is 30.4 Å². The molecule has 3 fully saturated rings. The molecule has 5 rings (SSSR count). The third-order valence-corrected chi connectivity index (χ3v) is 7.49. The lowest BCUT2D eigenvalue weighted by atomic mass is 9.81. The number of rotatable bonds is 9. The lowest BCUT2D eigenvalue weighted by Gasteiger charge is -2.50. The first-order chi connectivity index (χ1) is 17.5. The summed E-state index contributed by atoms with van der Waals surface area (Å²) in [5.74, 6) is 2.62. The van der Waals surface area contributed by atoms with Crippen LogP contribution in [0, 0.1) is 6.92 Å². The number of H-pyrrole nitrogens is 1. The van der Waals surface area contributed by atoms with Crippen LogP contribution in [-0.4, -0.2) is 88.6 Å². The topological polar surface area (TPSA) is 121 Å². The van der Waals surface area contributed by atoms with Crippen molar-refractivity contribution in [2.75, 3.05) is 43.6 Å². The van der Waals surface area contributed by atoms with Gasteiger partial charge in [-0.1, -0.05) is 6.42 Å². The Labute approximate surface area is 212 Å². The van der Waals surface area contributed by atoms with Crippen molar-refractivity contribution in [2.45, 2.75) is 76.6 Å². The number of carbonyl (C=O) groups excluding carboxylic acids is 1. The maximum atomic E-state index is 12.3. The van der Waals surface area contributed by atoms with Crippen LogP contribution in [0.25, 0.3) is 0 Å². The van der Waals surface area contributed by atoms with E-state index in [-0.39, 0.29) is 18.1 Å². The lowest BCUT2D eigenvalue weighted by molar-refractivity contribution is -0.125. The number of anilines is 3. The predicted molar refractivity (Wildman–Crippen MR) is 137 cm³/mol. The van der Waals surface area contributed by atoms with Gasteiger partial charge >= 0.3 is 0 Å². The van der Waals surface area contributed by atoms with Crippen LogP contribution in [0.5, 0.6) is 5.88 Å². The molecule has 2 bridgehead atoms. The number of aromatic amines is 1. The Bertz CT molecular complexity index is 1030. The molecule has 0 spiro atoms. The van der Waals surface area contributed by atoms with Gasteiger partial charge in [-0.2, -0.15) is 15.1 Å². The summed E-state index contributed by atoms with van der Waals surface area (Å²) in [6, 6.07) is 4.84. The molecule has 11 nitrogen and oxygen atoms in total. The monoisotopic (exact) mass is 498 g/mol. The molecule has 1 unspecified atom stereocenters. The number of amides is 1. The zero-order chi connectivity index (χ0) is 25.1. The Hall–Kier alpha value is -2.92. The minimum absolute atomic E-state index is 0.00426. The van der Waals surface area contributed by atoms with Crippen molar-refractivity contribution in [3.63, 3.8) is 0 Å². The number of piperidine rings is 2. The molecule has 3 saturated heterocycles. The van der Waals surface area contributed by atoms with Crippen molar-refractivity contribution in [1.29, 1.82) is 0 Å². The highest BCUT2D eigenvalue weighted by Crippen LogP contribution is 2.37. The van der Waals surface area contributed by atoms with E-state index in [0.29, 0.717) is 61.9 Å². The molecule has 3 aliphatic rings. The molecule has 5 heterocycles. The van der Waals surface area contributed by atoms with Gasteiger partial charge in [-0.25, -0.2) is 0 Å². The highest BCUT2D eigenvalue weighted by molar-refractivity contribution is 5.78. The predicted octanol–water partition coefficient (Wildman–Crippen LogP) is 2.38. The normalized spacial score (nSPS) is 26.0. The number of carbonyl (C=O) groups is 1. The number of aromatic nitrogens is 4. The SMILES string of the molecule is CCNC(=O)CN1[C@@H]2CCC[C@H]1CC(N(C)c1nc(Nc3cc(C)[nH]n3)cc(O[C@@H]3CCOC3)n1)C2. The number of ether oxygens (including phenoxy) is 2. The third kappa shape index (κ3) is 5.73. The summed E-state index contributed by atoms with van der Waals surface area (Å²) < 4.78 is 11.7. The van der Waals surface area contributed by atoms with Gasteiger partial charge < -0.3 is 25.0 Å². The number of likely N-dealkylation sites (N-methyl/N-ethyl adjacent to an activating group) is 1. The summed E-state index contributed by atoms with van der Waals surface area (Å²) in [6.45, 7) is 6.36. The van der Waals surface area contributed by atoms with Crippen LogP contribution < -0.4 is 20.3 Å². The van der Waals surface area contributed by atoms with Crippen molar-refractivity contribution in [2.24, 2.45) is 0 Å². The van der Waals surface area contributed by atoms with E-state index in [9.17, 15) is 4.79 Å². The Balaban J connectivity index is 1.34. The van der Waals surface area contributed by atoms with E-state index in [4.69, 9.17) is 19.4 Å². The minimum Gasteiger partial charge on any atom is -0.472 e. The summed E-state index contributed by atoms with van der Waals surface area (Å²) in [6.07, 6.45) is 6.28. The molecule has 196 valence electrons.